The average molecular weight is 251 g/mol. The number of thioether (sulfide) groups is 1. The van der Waals surface area contributed by atoms with E-state index >= 15 is 0 Å². The van der Waals surface area contributed by atoms with E-state index in [-0.39, 0.29) is 0 Å². The Balaban J connectivity index is 2.23. The van der Waals surface area contributed by atoms with Crippen LogP contribution in [0.2, 0.25) is 0 Å². The largest absolute Gasteiger partial charge is 0.490 e. The van der Waals surface area contributed by atoms with Crippen molar-refractivity contribution in [3.63, 3.8) is 0 Å². The molecular formula is C14H21NOS. The van der Waals surface area contributed by atoms with Gasteiger partial charge in [0, 0.05) is 6.54 Å². The Bertz CT molecular complexity index is 311. The van der Waals surface area contributed by atoms with Crippen LogP contribution in [0.3, 0.4) is 0 Å². The second kappa shape index (κ2) is 9.14. The van der Waals surface area contributed by atoms with E-state index in [1.807, 2.05) is 23.9 Å². The van der Waals surface area contributed by atoms with Gasteiger partial charge in [-0.1, -0.05) is 24.8 Å². The highest BCUT2D eigenvalue weighted by Crippen LogP contribution is 2.11. The smallest absolute Gasteiger partial charge is 0.119 e. The first-order valence-electron chi connectivity index (χ1n) is 5.89. The van der Waals surface area contributed by atoms with Gasteiger partial charge in [-0.05, 0) is 42.7 Å². The molecule has 0 spiro atoms. The van der Waals surface area contributed by atoms with Crippen molar-refractivity contribution in [3.05, 3.63) is 42.5 Å². The number of rotatable bonds is 9. The minimum Gasteiger partial charge on any atom is -0.490 e. The summed E-state index contributed by atoms with van der Waals surface area (Å²) in [6, 6.07) is 8.20. The van der Waals surface area contributed by atoms with Gasteiger partial charge in [0.15, 0.2) is 0 Å². The van der Waals surface area contributed by atoms with Gasteiger partial charge in [-0.25, -0.2) is 0 Å². The molecule has 1 rings (SSSR count). The molecule has 0 bridgehead atoms. The third-order valence-electron chi connectivity index (χ3n) is 2.32. The first-order valence-corrected chi connectivity index (χ1v) is 7.28. The fourth-order valence-electron chi connectivity index (χ4n) is 1.43. The molecule has 94 valence electrons. The average Bonchev–Trinajstić information content (AvgIpc) is 2.37. The zero-order valence-electron chi connectivity index (χ0n) is 10.4. The number of nitrogens with one attached hydrogen (secondary N) is 1. The molecule has 2 nitrogen and oxygen atoms in total. The molecule has 0 amide bonds. The second-order valence-corrected chi connectivity index (χ2v) is 4.75. The molecule has 3 heteroatoms. The molecule has 0 unspecified atom stereocenters. The molecule has 1 N–H and O–H groups in total. The van der Waals surface area contributed by atoms with Crippen molar-refractivity contribution < 1.29 is 4.74 Å². The van der Waals surface area contributed by atoms with Crippen molar-refractivity contribution in [3.8, 4) is 5.75 Å². The molecule has 0 aliphatic rings. The summed E-state index contributed by atoms with van der Waals surface area (Å²) < 4.78 is 5.43. The molecule has 0 aromatic heterocycles. The van der Waals surface area contributed by atoms with Crippen molar-refractivity contribution in [1.29, 1.82) is 0 Å². The van der Waals surface area contributed by atoms with Gasteiger partial charge in [0.2, 0.25) is 0 Å². The van der Waals surface area contributed by atoms with Crippen molar-refractivity contribution in [2.24, 2.45) is 0 Å². The molecule has 0 saturated carbocycles. The molecule has 17 heavy (non-hydrogen) atoms. The molecule has 0 aliphatic heterocycles. The van der Waals surface area contributed by atoms with E-state index in [4.69, 9.17) is 4.74 Å². The van der Waals surface area contributed by atoms with Crippen molar-refractivity contribution in [1.82, 2.24) is 5.32 Å². The quantitative estimate of drug-likeness (QED) is 0.538. The predicted octanol–water partition coefficient (Wildman–Crippen LogP) is 3.09. The van der Waals surface area contributed by atoms with Crippen molar-refractivity contribution in [2.45, 2.75) is 13.0 Å². The van der Waals surface area contributed by atoms with Crippen LogP contribution < -0.4 is 10.1 Å². The zero-order valence-corrected chi connectivity index (χ0v) is 11.3. The highest BCUT2D eigenvalue weighted by atomic mass is 32.2. The van der Waals surface area contributed by atoms with Crippen LogP contribution >= 0.6 is 11.8 Å². The normalized spacial score (nSPS) is 10.2. The molecular weight excluding hydrogens is 230 g/mol. The standard InChI is InChI=1S/C14H21NOS/c1-3-10-16-14-7-5-13(6-8-14)12-15-9-4-11-17-2/h3,5-8,15H,1,4,9-12H2,2H3. The second-order valence-electron chi connectivity index (χ2n) is 3.77. The minimum absolute atomic E-state index is 0.562. The molecule has 0 aliphatic carbocycles. The highest BCUT2D eigenvalue weighted by molar-refractivity contribution is 7.98. The number of benzene rings is 1. The Morgan fingerprint density at radius 1 is 1.35 bits per heavy atom. The van der Waals surface area contributed by atoms with E-state index in [0.717, 1.165) is 18.8 Å². The van der Waals surface area contributed by atoms with E-state index < -0.39 is 0 Å². The summed E-state index contributed by atoms with van der Waals surface area (Å²) in [5.41, 5.74) is 1.29. The first kappa shape index (κ1) is 14.1. The van der Waals surface area contributed by atoms with Gasteiger partial charge in [-0.3, -0.25) is 0 Å². The molecule has 1 aromatic rings. The van der Waals surface area contributed by atoms with Crippen LogP contribution in [0, 0.1) is 0 Å². The Hall–Kier alpha value is -0.930. The van der Waals surface area contributed by atoms with Crippen LogP contribution in [0.1, 0.15) is 12.0 Å². The number of hydrogen-bond donors (Lipinski definition) is 1. The summed E-state index contributed by atoms with van der Waals surface area (Å²) in [6.07, 6.45) is 5.12. The lowest BCUT2D eigenvalue weighted by atomic mass is 10.2. The van der Waals surface area contributed by atoms with Crippen molar-refractivity contribution >= 4 is 11.8 Å². The van der Waals surface area contributed by atoms with Gasteiger partial charge >= 0.3 is 0 Å². The molecule has 0 radical (unpaired) electrons. The molecule has 0 fully saturated rings. The van der Waals surface area contributed by atoms with Gasteiger partial charge in [0.05, 0.1) is 0 Å². The monoisotopic (exact) mass is 251 g/mol. The van der Waals surface area contributed by atoms with Gasteiger partial charge < -0.3 is 10.1 Å². The van der Waals surface area contributed by atoms with E-state index in [1.165, 1.54) is 17.7 Å². The SMILES string of the molecule is C=CCOc1ccc(CNCCCSC)cc1. The van der Waals surface area contributed by atoms with Gasteiger partial charge in [-0.2, -0.15) is 11.8 Å². The van der Waals surface area contributed by atoms with Crippen LogP contribution in [0.25, 0.3) is 0 Å². The van der Waals surface area contributed by atoms with Crippen LogP contribution in [-0.2, 0) is 6.54 Å². The van der Waals surface area contributed by atoms with E-state index in [2.05, 4.69) is 30.3 Å². The predicted molar refractivity (Wildman–Crippen MR) is 76.8 cm³/mol. The van der Waals surface area contributed by atoms with Crippen molar-refractivity contribution in [2.75, 3.05) is 25.2 Å². The minimum atomic E-state index is 0.562. The molecule has 0 saturated heterocycles. The Labute approximate surface area is 108 Å². The lowest BCUT2D eigenvalue weighted by molar-refractivity contribution is 0.363. The summed E-state index contributed by atoms with van der Waals surface area (Å²) in [5.74, 6) is 2.12. The number of hydrogen-bond acceptors (Lipinski definition) is 3. The fourth-order valence-corrected chi connectivity index (χ4v) is 1.87. The zero-order chi connectivity index (χ0) is 12.3. The van der Waals surface area contributed by atoms with Crippen LogP contribution in [0.5, 0.6) is 5.75 Å². The maximum Gasteiger partial charge on any atom is 0.119 e. The van der Waals surface area contributed by atoms with Crippen LogP contribution in [0.4, 0.5) is 0 Å². The molecule has 0 heterocycles. The topological polar surface area (TPSA) is 21.3 Å². The summed E-state index contributed by atoms with van der Waals surface area (Å²) in [5, 5.41) is 3.43. The maximum absolute atomic E-state index is 5.43. The Kier molecular flexibility index (Phi) is 7.60. The highest BCUT2D eigenvalue weighted by Gasteiger charge is 1.95. The van der Waals surface area contributed by atoms with E-state index in [9.17, 15) is 0 Å². The fraction of sp³-hybridized carbons (Fsp3) is 0.429. The third-order valence-corrected chi connectivity index (χ3v) is 3.02. The van der Waals surface area contributed by atoms with Crippen LogP contribution in [0.15, 0.2) is 36.9 Å². The van der Waals surface area contributed by atoms with E-state index in [0.29, 0.717) is 6.61 Å². The summed E-state index contributed by atoms with van der Waals surface area (Å²) in [7, 11) is 0. The summed E-state index contributed by atoms with van der Waals surface area (Å²) >= 11 is 1.89. The third kappa shape index (κ3) is 6.39. The Morgan fingerprint density at radius 3 is 2.76 bits per heavy atom. The lowest BCUT2D eigenvalue weighted by Gasteiger charge is -2.06. The van der Waals surface area contributed by atoms with Gasteiger partial charge in [-0.15, -0.1) is 0 Å². The summed E-state index contributed by atoms with van der Waals surface area (Å²) in [6.45, 7) is 6.19. The lowest BCUT2D eigenvalue weighted by Crippen LogP contribution is -2.15. The van der Waals surface area contributed by atoms with Crippen LogP contribution in [-0.4, -0.2) is 25.2 Å². The van der Waals surface area contributed by atoms with Gasteiger partial charge in [0.25, 0.3) is 0 Å². The summed E-state index contributed by atoms with van der Waals surface area (Å²) in [4.78, 5) is 0. The Morgan fingerprint density at radius 2 is 2.12 bits per heavy atom. The first-order chi connectivity index (χ1) is 8.36. The number of ether oxygens (including phenoxy) is 1. The van der Waals surface area contributed by atoms with E-state index in [1.54, 1.807) is 6.08 Å². The molecule has 0 atom stereocenters. The maximum atomic E-state index is 5.43. The molecule has 1 aromatic carbocycles. The van der Waals surface area contributed by atoms with Gasteiger partial charge in [0.1, 0.15) is 12.4 Å².